The van der Waals surface area contributed by atoms with Gasteiger partial charge < -0.3 is 25.4 Å². The van der Waals surface area contributed by atoms with E-state index < -0.39 is 24.4 Å². The molecule has 1 aliphatic rings. The van der Waals surface area contributed by atoms with E-state index in [4.69, 9.17) is 4.74 Å². The van der Waals surface area contributed by atoms with Gasteiger partial charge >= 0.3 is 0 Å². The van der Waals surface area contributed by atoms with Gasteiger partial charge in [-0.25, -0.2) is 0 Å². The van der Waals surface area contributed by atoms with Gasteiger partial charge in [0.25, 0.3) is 0 Å². The number of rotatable bonds is 8. The van der Waals surface area contributed by atoms with Crippen molar-refractivity contribution < 1.29 is 20.1 Å². The quantitative estimate of drug-likeness (QED) is 0.535. The molecule has 0 aliphatic carbocycles. The molecule has 0 radical (unpaired) electrons. The summed E-state index contributed by atoms with van der Waals surface area (Å²) < 4.78 is 5.92. The molecular weight excluding hydrogens is 366 g/mol. The first kappa shape index (κ1) is 21.6. The van der Waals surface area contributed by atoms with E-state index in [1.165, 1.54) is 0 Å². The lowest BCUT2D eigenvalue weighted by Crippen LogP contribution is -2.45. The highest BCUT2D eigenvalue weighted by Gasteiger charge is 2.34. The van der Waals surface area contributed by atoms with Crippen LogP contribution in [0.1, 0.15) is 63.4 Å². The van der Waals surface area contributed by atoms with Crippen molar-refractivity contribution in [3.63, 3.8) is 0 Å². The molecule has 4 atom stereocenters. The molecule has 4 unspecified atom stereocenters. The second-order valence-electron chi connectivity index (χ2n) is 8.65. The van der Waals surface area contributed by atoms with E-state index in [-0.39, 0.29) is 12.0 Å². The third-order valence-electron chi connectivity index (χ3n) is 5.87. The predicted octanol–water partition coefficient (Wildman–Crippen LogP) is 4.20. The van der Waals surface area contributed by atoms with Crippen LogP contribution < -0.4 is 10.1 Å². The first-order chi connectivity index (χ1) is 13.8. The Hall–Kier alpha value is -2.08. The van der Waals surface area contributed by atoms with Crippen LogP contribution in [0, 0.1) is 5.41 Å². The molecule has 1 aliphatic heterocycles. The fraction of sp³-hybridized carbons (Fsp3) is 0.500. The summed E-state index contributed by atoms with van der Waals surface area (Å²) in [6.07, 6.45) is 0.635. The number of ether oxygens (including phenoxy) is 1. The normalized spacial score (nSPS) is 22.5. The zero-order valence-electron chi connectivity index (χ0n) is 17.5. The molecule has 1 heterocycles. The maximum atomic E-state index is 10.9. The minimum Gasteiger partial charge on any atom is -0.491 e. The highest BCUT2D eigenvalue weighted by molar-refractivity contribution is 5.56. The van der Waals surface area contributed by atoms with Crippen molar-refractivity contribution in [3.8, 4) is 5.75 Å². The van der Waals surface area contributed by atoms with E-state index in [0.29, 0.717) is 11.3 Å². The number of aliphatic hydroxyl groups excluding tert-OH is 3. The number of anilines is 1. The molecule has 5 nitrogen and oxygen atoms in total. The molecule has 0 fully saturated rings. The highest BCUT2D eigenvalue weighted by atomic mass is 16.5. The van der Waals surface area contributed by atoms with Crippen LogP contribution >= 0.6 is 0 Å². The Morgan fingerprint density at radius 2 is 1.86 bits per heavy atom. The lowest BCUT2D eigenvalue weighted by Gasteiger charge is -2.35. The lowest BCUT2D eigenvalue weighted by atomic mass is 9.78. The predicted molar refractivity (Wildman–Crippen MR) is 115 cm³/mol. The molecule has 0 saturated heterocycles. The molecule has 2 aromatic carbocycles. The third kappa shape index (κ3) is 4.92. The smallest absolute Gasteiger partial charge is 0.119 e. The average Bonchev–Trinajstić information content (AvgIpc) is 2.73. The molecule has 0 aromatic heterocycles. The Labute approximate surface area is 173 Å². The summed E-state index contributed by atoms with van der Waals surface area (Å²) in [4.78, 5) is 0. The number of benzene rings is 2. The Morgan fingerprint density at radius 3 is 2.62 bits per heavy atom. The van der Waals surface area contributed by atoms with E-state index in [0.717, 1.165) is 30.5 Å². The minimum absolute atomic E-state index is 0.200. The van der Waals surface area contributed by atoms with E-state index in [9.17, 15) is 15.3 Å². The van der Waals surface area contributed by atoms with Gasteiger partial charge in [0.2, 0.25) is 0 Å². The molecule has 4 N–H and O–H groups in total. The summed E-state index contributed by atoms with van der Waals surface area (Å²) in [6.45, 7) is 6.52. The summed E-state index contributed by atoms with van der Waals surface area (Å²) in [5.41, 5.74) is 2.10. The van der Waals surface area contributed by atoms with Gasteiger partial charge in [-0.15, -0.1) is 0 Å². The van der Waals surface area contributed by atoms with Crippen LogP contribution in [-0.2, 0) is 0 Å². The van der Waals surface area contributed by atoms with E-state index in [1.807, 2.05) is 42.5 Å². The van der Waals surface area contributed by atoms with Gasteiger partial charge in [-0.05, 0) is 35.6 Å². The summed E-state index contributed by atoms with van der Waals surface area (Å²) >= 11 is 0. The number of aliphatic hydroxyl groups is 3. The number of para-hydroxylation sites is 1. The van der Waals surface area contributed by atoms with Crippen LogP contribution in [-0.4, -0.2) is 34.1 Å². The van der Waals surface area contributed by atoms with Crippen LogP contribution in [0.5, 0.6) is 5.75 Å². The maximum absolute atomic E-state index is 10.9. The summed E-state index contributed by atoms with van der Waals surface area (Å²) in [5, 5.41) is 35.0. The average molecular weight is 400 g/mol. The van der Waals surface area contributed by atoms with Gasteiger partial charge in [0, 0.05) is 11.3 Å². The number of fused-ring (bicyclic) bond motifs is 1. The number of unbranched alkanes of at least 4 members (excludes halogenated alkanes) is 1. The second-order valence-corrected chi connectivity index (χ2v) is 8.65. The van der Waals surface area contributed by atoms with Crippen molar-refractivity contribution in [2.24, 2.45) is 5.41 Å². The van der Waals surface area contributed by atoms with Crippen LogP contribution in [0.25, 0.3) is 0 Å². The Kier molecular flexibility index (Phi) is 6.83. The van der Waals surface area contributed by atoms with Crippen LogP contribution in [0.4, 0.5) is 5.69 Å². The summed E-state index contributed by atoms with van der Waals surface area (Å²) in [7, 11) is 0. The van der Waals surface area contributed by atoms with Gasteiger partial charge in [0.05, 0.1) is 12.1 Å². The summed E-state index contributed by atoms with van der Waals surface area (Å²) in [6, 6.07) is 14.5. The van der Waals surface area contributed by atoms with Crippen molar-refractivity contribution in [1.29, 1.82) is 0 Å². The monoisotopic (exact) mass is 399 g/mol. The maximum Gasteiger partial charge on any atom is 0.119 e. The number of hydrogen-bond donors (Lipinski definition) is 4. The van der Waals surface area contributed by atoms with E-state index >= 15 is 0 Å². The molecule has 0 spiro atoms. The SMILES string of the molecule is CCCCC(C)(C)C(O)c1cccc(OCC2Nc3ccccc3C(O)C2O)c1. The van der Waals surface area contributed by atoms with Crippen molar-refractivity contribution in [2.45, 2.75) is 64.4 Å². The van der Waals surface area contributed by atoms with Crippen molar-refractivity contribution in [1.82, 2.24) is 0 Å². The lowest BCUT2D eigenvalue weighted by molar-refractivity contribution is -0.00612. The first-order valence-corrected chi connectivity index (χ1v) is 10.5. The highest BCUT2D eigenvalue weighted by Crippen LogP contribution is 2.39. The van der Waals surface area contributed by atoms with Gasteiger partial charge in [-0.1, -0.05) is 63.9 Å². The fourth-order valence-corrected chi connectivity index (χ4v) is 3.90. The van der Waals surface area contributed by atoms with E-state index in [2.05, 4.69) is 26.1 Å². The van der Waals surface area contributed by atoms with Gasteiger partial charge in [0.15, 0.2) is 0 Å². The van der Waals surface area contributed by atoms with Crippen molar-refractivity contribution in [3.05, 3.63) is 59.7 Å². The van der Waals surface area contributed by atoms with E-state index in [1.54, 1.807) is 6.07 Å². The molecule has 0 amide bonds. The zero-order chi connectivity index (χ0) is 21.0. The molecule has 3 rings (SSSR count). The molecule has 5 heteroatoms. The molecule has 0 saturated carbocycles. The van der Waals surface area contributed by atoms with Crippen LogP contribution in [0.2, 0.25) is 0 Å². The van der Waals surface area contributed by atoms with Crippen LogP contribution in [0.15, 0.2) is 48.5 Å². The Balaban J connectivity index is 1.67. The van der Waals surface area contributed by atoms with Crippen molar-refractivity contribution in [2.75, 3.05) is 11.9 Å². The molecule has 29 heavy (non-hydrogen) atoms. The van der Waals surface area contributed by atoms with Gasteiger partial charge in [-0.3, -0.25) is 0 Å². The molecule has 158 valence electrons. The first-order valence-electron chi connectivity index (χ1n) is 10.5. The summed E-state index contributed by atoms with van der Waals surface area (Å²) in [5.74, 6) is 0.634. The van der Waals surface area contributed by atoms with Crippen LogP contribution in [0.3, 0.4) is 0 Å². The Bertz CT molecular complexity index is 807. The standard InChI is InChI=1S/C24H33NO4/c1-4-5-13-24(2,3)23(28)16-9-8-10-17(14-16)29-15-20-22(27)21(26)18-11-6-7-12-19(18)25-20/h6-12,14,20-23,25-28H,4-5,13,15H2,1-3H3. The van der Waals surface area contributed by atoms with Gasteiger partial charge in [-0.2, -0.15) is 0 Å². The largest absolute Gasteiger partial charge is 0.491 e. The van der Waals surface area contributed by atoms with Crippen molar-refractivity contribution >= 4 is 5.69 Å². The number of nitrogens with one attached hydrogen (secondary N) is 1. The number of hydrogen-bond acceptors (Lipinski definition) is 5. The molecular formula is C24H33NO4. The molecule has 2 aromatic rings. The second kappa shape index (κ2) is 9.16. The fourth-order valence-electron chi connectivity index (χ4n) is 3.90. The zero-order valence-corrected chi connectivity index (χ0v) is 17.5. The topological polar surface area (TPSA) is 82.0 Å². The third-order valence-corrected chi connectivity index (χ3v) is 5.87. The Morgan fingerprint density at radius 1 is 1.10 bits per heavy atom. The molecule has 0 bridgehead atoms. The minimum atomic E-state index is -0.966. The van der Waals surface area contributed by atoms with Gasteiger partial charge in [0.1, 0.15) is 24.6 Å².